The summed E-state index contributed by atoms with van der Waals surface area (Å²) in [6, 6.07) is 14.1. The number of benzene rings is 1. The van der Waals surface area contributed by atoms with Crippen molar-refractivity contribution in [3.8, 4) is 28.3 Å². The number of aromatic amines is 1. The molecule has 0 aliphatic rings. The van der Waals surface area contributed by atoms with Crippen LogP contribution >= 0.6 is 0 Å². The number of aryl methyl sites for hydroxylation is 2. The highest BCUT2D eigenvalue weighted by molar-refractivity contribution is 5.69. The van der Waals surface area contributed by atoms with Gasteiger partial charge in [-0.15, -0.1) is 5.10 Å². The van der Waals surface area contributed by atoms with Crippen molar-refractivity contribution in [1.82, 2.24) is 39.3 Å². The van der Waals surface area contributed by atoms with Gasteiger partial charge in [0.05, 0.1) is 6.54 Å². The molecule has 5 aromatic rings. The first kappa shape index (κ1) is 24.4. The third kappa shape index (κ3) is 5.16. The largest absolute Gasteiger partial charge is 0.334 e. The Morgan fingerprint density at radius 2 is 1.78 bits per heavy atom. The van der Waals surface area contributed by atoms with Crippen LogP contribution in [0.2, 0.25) is 0 Å². The van der Waals surface area contributed by atoms with E-state index in [-0.39, 0.29) is 5.69 Å². The molecule has 4 aromatic heterocycles. The lowest BCUT2D eigenvalue weighted by atomic mass is 10.00. The number of nitrogens with zero attached hydrogens (tertiary/aromatic N) is 7. The summed E-state index contributed by atoms with van der Waals surface area (Å²) in [5, 5.41) is 14.1. The second-order valence-electron chi connectivity index (χ2n) is 9.24. The normalized spacial score (nSPS) is 11.3. The van der Waals surface area contributed by atoms with Crippen molar-refractivity contribution < 1.29 is 0 Å². The molecule has 0 unspecified atom stereocenters. The minimum Gasteiger partial charge on any atom is -0.334 e. The summed E-state index contributed by atoms with van der Waals surface area (Å²) >= 11 is 0. The molecule has 4 heterocycles. The van der Waals surface area contributed by atoms with Crippen molar-refractivity contribution >= 4 is 0 Å². The smallest absolute Gasteiger partial charge is 0.334 e. The van der Waals surface area contributed by atoms with Crippen LogP contribution < -0.4 is 5.69 Å². The van der Waals surface area contributed by atoms with Gasteiger partial charge in [-0.05, 0) is 64.6 Å². The van der Waals surface area contributed by atoms with Gasteiger partial charge in [0.15, 0.2) is 5.82 Å². The summed E-state index contributed by atoms with van der Waals surface area (Å²) < 4.78 is 5.87. The van der Waals surface area contributed by atoms with Gasteiger partial charge < -0.3 is 4.57 Å². The third-order valence-electron chi connectivity index (χ3n) is 6.70. The number of imidazole rings is 1. The van der Waals surface area contributed by atoms with Crippen molar-refractivity contribution in [2.75, 3.05) is 0 Å². The van der Waals surface area contributed by atoms with Gasteiger partial charge in [0, 0.05) is 42.6 Å². The molecule has 0 saturated carbocycles. The maximum atomic E-state index is 13.8. The SMILES string of the molecule is CCCCc1cn(-c2cccn2CCCC)c(=O)n1Cc1cnccc1-c1ccc(-c2nnn[nH]2)cc1. The molecule has 0 atom stereocenters. The highest BCUT2D eigenvalue weighted by Crippen LogP contribution is 2.26. The zero-order valence-electron chi connectivity index (χ0n) is 21.3. The summed E-state index contributed by atoms with van der Waals surface area (Å²) in [6.45, 7) is 5.71. The molecular weight excluding hydrogens is 464 g/mol. The Balaban J connectivity index is 1.51. The third-order valence-corrected chi connectivity index (χ3v) is 6.70. The first-order valence-electron chi connectivity index (χ1n) is 12.9. The molecule has 9 heteroatoms. The Hall–Kier alpha value is -4.27. The van der Waals surface area contributed by atoms with Crippen LogP contribution in [-0.4, -0.2) is 39.3 Å². The van der Waals surface area contributed by atoms with Crippen LogP contribution in [0.1, 0.15) is 50.8 Å². The lowest BCUT2D eigenvalue weighted by Gasteiger charge is -2.12. The first-order chi connectivity index (χ1) is 18.2. The van der Waals surface area contributed by atoms with E-state index in [1.807, 2.05) is 59.4 Å². The molecule has 0 aliphatic heterocycles. The van der Waals surface area contributed by atoms with E-state index >= 15 is 0 Å². The minimum atomic E-state index is -0.0227. The quantitative estimate of drug-likeness (QED) is 0.281. The molecule has 5 rings (SSSR count). The monoisotopic (exact) mass is 496 g/mol. The highest BCUT2D eigenvalue weighted by Gasteiger charge is 2.17. The molecule has 1 aromatic carbocycles. The standard InChI is InChI=1S/C28H32N8O/c1-3-5-8-24-20-36(26-9-7-17-34(26)16-6-4-2)28(37)35(24)19-23-18-29-15-14-25(23)21-10-12-22(13-11-21)27-30-32-33-31-27/h7,9-15,17-18,20H,3-6,8,16,19H2,1-2H3,(H,30,31,32,33). The van der Waals surface area contributed by atoms with E-state index in [1.54, 1.807) is 10.8 Å². The Labute approximate surface area is 215 Å². The number of hydrogen-bond donors (Lipinski definition) is 1. The van der Waals surface area contributed by atoms with Gasteiger partial charge in [0.1, 0.15) is 5.82 Å². The second-order valence-corrected chi connectivity index (χ2v) is 9.24. The molecule has 190 valence electrons. The maximum absolute atomic E-state index is 13.8. The average Bonchev–Trinajstić information content (AvgIpc) is 3.69. The fourth-order valence-electron chi connectivity index (χ4n) is 4.65. The van der Waals surface area contributed by atoms with Crippen LogP contribution in [0.25, 0.3) is 28.3 Å². The summed E-state index contributed by atoms with van der Waals surface area (Å²) in [5.41, 5.74) is 5.01. The molecule has 0 fully saturated rings. The van der Waals surface area contributed by atoms with Gasteiger partial charge in [0.2, 0.25) is 0 Å². The summed E-state index contributed by atoms with van der Waals surface area (Å²) in [5.74, 6) is 1.54. The number of unbranched alkanes of at least 4 members (excludes halogenated alkanes) is 2. The number of nitrogens with one attached hydrogen (secondary N) is 1. The van der Waals surface area contributed by atoms with E-state index in [2.05, 4.69) is 50.2 Å². The van der Waals surface area contributed by atoms with Crippen molar-refractivity contribution in [1.29, 1.82) is 0 Å². The average molecular weight is 497 g/mol. The van der Waals surface area contributed by atoms with E-state index < -0.39 is 0 Å². The fourth-order valence-corrected chi connectivity index (χ4v) is 4.65. The summed E-state index contributed by atoms with van der Waals surface area (Å²) in [6.07, 6.45) is 12.9. The summed E-state index contributed by atoms with van der Waals surface area (Å²) in [4.78, 5) is 18.2. The molecule has 9 nitrogen and oxygen atoms in total. The molecule has 1 N–H and O–H groups in total. The number of rotatable bonds is 11. The lowest BCUT2D eigenvalue weighted by molar-refractivity contribution is 0.614. The molecule has 0 bridgehead atoms. The van der Waals surface area contributed by atoms with Gasteiger partial charge in [-0.2, -0.15) is 0 Å². The highest BCUT2D eigenvalue weighted by atomic mass is 16.1. The predicted molar refractivity (Wildman–Crippen MR) is 143 cm³/mol. The molecular formula is C28H32N8O. The van der Waals surface area contributed by atoms with Gasteiger partial charge in [0.25, 0.3) is 0 Å². The molecule has 0 amide bonds. The topological polar surface area (TPSA) is 99.2 Å². The van der Waals surface area contributed by atoms with Crippen LogP contribution in [0.4, 0.5) is 0 Å². The number of H-pyrrole nitrogens is 1. The van der Waals surface area contributed by atoms with Gasteiger partial charge in [-0.3, -0.25) is 14.1 Å². The number of pyridine rings is 1. The minimum absolute atomic E-state index is 0.0227. The van der Waals surface area contributed by atoms with Crippen molar-refractivity contribution in [2.24, 2.45) is 0 Å². The predicted octanol–water partition coefficient (Wildman–Crippen LogP) is 4.87. The fraction of sp³-hybridized carbons (Fsp3) is 0.321. The number of tetrazole rings is 1. The Bertz CT molecular complexity index is 1490. The molecule has 0 radical (unpaired) electrons. The van der Waals surface area contributed by atoms with Crippen LogP contribution in [0.15, 0.2) is 72.0 Å². The summed E-state index contributed by atoms with van der Waals surface area (Å²) in [7, 11) is 0. The molecule has 37 heavy (non-hydrogen) atoms. The first-order valence-corrected chi connectivity index (χ1v) is 12.9. The van der Waals surface area contributed by atoms with Crippen molar-refractivity contribution in [2.45, 2.75) is 59.0 Å². The molecule has 0 spiro atoms. The second kappa shape index (κ2) is 11.2. The Morgan fingerprint density at radius 3 is 2.54 bits per heavy atom. The Morgan fingerprint density at radius 1 is 0.973 bits per heavy atom. The van der Waals surface area contributed by atoms with E-state index in [0.29, 0.717) is 12.4 Å². The maximum Gasteiger partial charge on any atom is 0.334 e. The lowest BCUT2D eigenvalue weighted by Crippen LogP contribution is -2.26. The van der Waals surface area contributed by atoms with Crippen molar-refractivity contribution in [3.05, 3.63) is 89.0 Å². The van der Waals surface area contributed by atoms with Gasteiger partial charge >= 0.3 is 5.69 Å². The van der Waals surface area contributed by atoms with Crippen LogP contribution in [0, 0.1) is 0 Å². The van der Waals surface area contributed by atoms with E-state index in [1.165, 1.54) is 0 Å². The zero-order valence-corrected chi connectivity index (χ0v) is 21.3. The van der Waals surface area contributed by atoms with Crippen LogP contribution in [0.3, 0.4) is 0 Å². The van der Waals surface area contributed by atoms with Crippen molar-refractivity contribution in [3.63, 3.8) is 0 Å². The van der Waals surface area contributed by atoms with E-state index in [9.17, 15) is 4.79 Å². The van der Waals surface area contributed by atoms with Crippen LogP contribution in [-0.2, 0) is 19.5 Å². The Kier molecular flexibility index (Phi) is 7.39. The van der Waals surface area contributed by atoms with E-state index in [4.69, 9.17) is 0 Å². The number of aromatic nitrogens is 8. The van der Waals surface area contributed by atoms with Gasteiger partial charge in [-0.1, -0.05) is 51.0 Å². The van der Waals surface area contributed by atoms with Crippen LogP contribution in [0.5, 0.6) is 0 Å². The molecule has 0 saturated heterocycles. The van der Waals surface area contributed by atoms with Gasteiger partial charge in [-0.25, -0.2) is 9.89 Å². The van der Waals surface area contributed by atoms with E-state index in [0.717, 1.165) is 72.4 Å². The number of hydrogen-bond acceptors (Lipinski definition) is 5. The molecule has 0 aliphatic carbocycles. The zero-order chi connectivity index (χ0) is 25.6.